The molecule has 44 heteroatoms. The number of para-hydroxylation sites is 4. The summed E-state index contributed by atoms with van der Waals surface area (Å²) >= 11 is 0. The van der Waals surface area contributed by atoms with Gasteiger partial charge in [0.1, 0.15) is 149 Å². The van der Waals surface area contributed by atoms with Crippen molar-refractivity contribution in [3.05, 3.63) is 292 Å². The second kappa shape index (κ2) is 36.6. The van der Waals surface area contributed by atoms with Crippen molar-refractivity contribution in [2.75, 3.05) is 41.9 Å². The molecule has 0 atom stereocenters. The third-order valence-electron chi connectivity index (χ3n) is 23.4. The number of hydrogen-bond donors (Lipinski definition) is 9. The molecular weight excluding hydrogens is 1780 g/mol. The van der Waals surface area contributed by atoms with Crippen LogP contribution in [0.1, 0.15) is 80.9 Å². The van der Waals surface area contributed by atoms with Crippen LogP contribution in [-0.2, 0) is 47.3 Å². The van der Waals surface area contributed by atoms with Gasteiger partial charge in [-0.05, 0) is 138 Å². The lowest BCUT2D eigenvalue weighted by Crippen LogP contribution is -2.30. The number of halogens is 1. The highest BCUT2D eigenvalue weighted by Gasteiger charge is 2.30. The number of fused-ring (bicyclic) bond motifs is 7. The van der Waals surface area contributed by atoms with Gasteiger partial charge >= 0.3 is 0 Å². The first-order valence-electron chi connectivity index (χ1n) is 43.1. The molecule has 139 heavy (non-hydrogen) atoms. The normalized spacial score (nSPS) is 11.4. The summed E-state index contributed by atoms with van der Waals surface area (Å²) in [6.45, 7) is 14.9. The molecule has 0 aliphatic carbocycles. The van der Waals surface area contributed by atoms with E-state index in [1.54, 1.807) is 113 Å². The van der Waals surface area contributed by atoms with Crippen molar-refractivity contribution in [3.8, 4) is 68.6 Å². The zero-order valence-corrected chi connectivity index (χ0v) is 76.8. The number of nitrogens with two attached hydrogens (primary N) is 4. The van der Waals surface area contributed by atoms with Gasteiger partial charge in [-0.15, -0.1) is 0 Å². The van der Waals surface area contributed by atoms with Crippen molar-refractivity contribution in [2.24, 2.45) is 21.1 Å². The van der Waals surface area contributed by atoms with Crippen molar-refractivity contribution in [2.45, 2.75) is 81.6 Å². The average molecular weight is 1860 g/mol. The monoisotopic (exact) mass is 1860 g/mol. The first-order valence-corrected chi connectivity index (χ1v) is 43.1. The number of phenolic OH excluding ortho intramolecular Hbond substituents is 2. The SMILES string of the molecule is CNc1c(C(C)=N)nc(Cn2cnc3c(N)ncnc32)n(-c2ccccc2C)c1=O.Cc1ccccc1-n1c(Cn2nc(-c3ccc(F)c(O)c3)c3c(N)ncnc32)nc2c(C)nn(C)c2c1=O.Cc1ccccc1-n1c(Cn2nc(-c3cccc(O)c3)c3c(N)ncnc32)nc2c(C)nn(C)c2c1=O.Cc1ccccc1-n1c(Cn2nc(C#CCO)c3c(N)ncnc32)nc2c(C)nn(C)c2c1=O. The van der Waals surface area contributed by atoms with Crippen LogP contribution in [0.5, 0.6) is 11.5 Å². The molecule has 21 aromatic rings. The molecule has 0 fully saturated rings. The Kier molecular flexibility index (Phi) is 23.9. The fraction of sp³-hybridized carbons (Fsp3) is 0.179. The molecule has 6 aromatic carbocycles. The van der Waals surface area contributed by atoms with Crippen molar-refractivity contribution in [3.63, 3.8) is 0 Å². The highest BCUT2D eigenvalue weighted by molar-refractivity contribution is 6.01. The van der Waals surface area contributed by atoms with E-state index in [-0.39, 0.29) is 95.4 Å². The van der Waals surface area contributed by atoms with E-state index in [0.29, 0.717) is 169 Å². The van der Waals surface area contributed by atoms with Crippen LogP contribution in [0.25, 0.3) is 123 Å². The lowest BCUT2D eigenvalue weighted by atomic mass is 10.1. The Morgan fingerprint density at radius 3 is 1.23 bits per heavy atom. The highest BCUT2D eigenvalue weighted by Crippen LogP contribution is 2.37. The van der Waals surface area contributed by atoms with Crippen LogP contribution >= 0.6 is 0 Å². The Hall–Kier alpha value is -18.8. The number of aliphatic hydroxyl groups is 1. The molecule has 21 rings (SSSR count). The van der Waals surface area contributed by atoms with Crippen LogP contribution in [0.3, 0.4) is 0 Å². The van der Waals surface area contributed by atoms with E-state index in [1.807, 2.05) is 145 Å². The van der Waals surface area contributed by atoms with E-state index < -0.39 is 11.6 Å². The number of imidazole rings is 1. The Balaban J connectivity index is 0.000000123. The van der Waals surface area contributed by atoms with Gasteiger partial charge in [0, 0.05) is 39.3 Å². The number of nitrogens with one attached hydrogen (secondary N) is 2. The topological polar surface area (TPSA) is 568 Å². The third-order valence-corrected chi connectivity index (χ3v) is 23.4. The first-order chi connectivity index (χ1) is 66.9. The van der Waals surface area contributed by atoms with Gasteiger partial charge < -0.3 is 53.5 Å². The number of aromatic hydroxyl groups is 2. The van der Waals surface area contributed by atoms with Gasteiger partial charge in [-0.25, -0.2) is 83.2 Å². The minimum absolute atomic E-state index is 0.0496. The molecule has 15 aromatic heterocycles. The second-order valence-electron chi connectivity index (χ2n) is 32.5. The van der Waals surface area contributed by atoms with Crippen molar-refractivity contribution < 1.29 is 19.7 Å². The fourth-order valence-electron chi connectivity index (χ4n) is 16.9. The lowest BCUT2D eigenvalue weighted by molar-refractivity contribution is 0.350. The van der Waals surface area contributed by atoms with E-state index in [9.17, 15) is 33.8 Å². The summed E-state index contributed by atoms with van der Waals surface area (Å²) in [7, 11) is 6.83. The molecule has 0 saturated carbocycles. The number of aromatic nitrogens is 30. The van der Waals surface area contributed by atoms with Gasteiger partial charge in [-0.3, -0.25) is 51.5 Å². The van der Waals surface area contributed by atoms with Gasteiger partial charge in [-0.1, -0.05) is 90.8 Å². The fourth-order valence-corrected chi connectivity index (χ4v) is 16.9. The summed E-state index contributed by atoms with van der Waals surface area (Å²) in [5.74, 6) is 6.92. The largest absolute Gasteiger partial charge is 0.508 e. The van der Waals surface area contributed by atoms with Crippen LogP contribution in [0.4, 0.5) is 33.3 Å². The average Bonchev–Trinajstić information content (AvgIpc) is 1.61. The van der Waals surface area contributed by atoms with Gasteiger partial charge in [0.15, 0.2) is 56.5 Å². The molecule has 0 amide bonds. The molecule has 0 unspecified atom stereocenters. The van der Waals surface area contributed by atoms with Crippen LogP contribution in [-0.4, -0.2) is 181 Å². The maximum Gasteiger partial charge on any atom is 0.284 e. The third kappa shape index (κ3) is 16.5. The highest BCUT2D eigenvalue weighted by atomic mass is 19.1. The Bertz CT molecular complexity index is 8920. The Morgan fingerprint density at radius 1 is 0.432 bits per heavy atom. The lowest BCUT2D eigenvalue weighted by Gasteiger charge is -2.18. The molecule has 0 bridgehead atoms. The number of nitrogens with zero attached hydrogens (tertiary/aromatic N) is 30. The molecule has 0 radical (unpaired) electrons. The number of rotatable bonds is 16. The smallest absolute Gasteiger partial charge is 0.284 e. The predicted octanol–water partition coefficient (Wildman–Crippen LogP) is 8.49. The standard InChI is InChI=1S/C26H22FN9O2.C26H23N9O2.C23H21N9O2.C20H21N9O/c1-13-6-4-5-7-17(13)36-19(31-21-14(2)32-34(3)23(21)26(36)38)11-35-25-20(24(28)29-12-30-25)22(33-35)15-8-9-16(27)18(37)10-15;1-14-7-4-5-10-18(14)35-19(30-21-15(2)31-33(3)23(21)26(35)37)12-34-25-20(24(27)28-13-29-25)22(32-34)16-8-6-9-17(36)11-16;1-13-7-4-5-9-16(13)32-17(27-19-14(2)28-30(3)20(19)23(32)34)11-31-22-18(21(24)25-12-26-22)15(29-31)8-6-10-33;1-11-6-4-5-7-13(11)29-14(27-15(12(2)21)16(23-3)20(29)30)8-28-10-26-17-18(22)24-9-25-19(17)28/h4-10,12,37H,11H2,1-3H3,(H2,28,29,30);4-11,13,36H,12H2,1-3H3,(H2,27,28,29);4-5,7,9,12,33H,10-11H2,1-3H3,(H2,24,25,26);4-7,9-10,21,23H,8H2,1-3H3,(H2,22,24,25). The van der Waals surface area contributed by atoms with Crippen molar-refractivity contribution in [1.29, 1.82) is 5.41 Å². The first kappa shape index (κ1) is 90.7. The van der Waals surface area contributed by atoms with E-state index in [2.05, 4.69) is 87.4 Å². The van der Waals surface area contributed by atoms with Gasteiger partial charge in [-0.2, -0.15) is 30.6 Å². The maximum absolute atomic E-state index is 13.9. The quantitative estimate of drug-likeness (QED) is 0.0323. The number of nitrogen functional groups attached to an aromatic ring is 4. The molecule has 15 heterocycles. The molecule has 0 aliphatic heterocycles. The Morgan fingerprint density at radius 2 is 0.820 bits per heavy atom. The Labute approximate surface area is 785 Å². The second-order valence-corrected chi connectivity index (χ2v) is 32.5. The van der Waals surface area contributed by atoms with Crippen molar-refractivity contribution in [1.82, 2.24) is 146 Å². The molecule has 0 saturated heterocycles. The summed E-state index contributed by atoms with van der Waals surface area (Å²) in [6.07, 6.45) is 6.99. The van der Waals surface area contributed by atoms with E-state index in [1.165, 1.54) is 42.1 Å². The van der Waals surface area contributed by atoms with Crippen LogP contribution in [0.15, 0.2) is 190 Å². The van der Waals surface area contributed by atoms with E-state index >= 15 is 0 Å². The van der Waals surface area contributed by atoms with Crippen molar-refractivity contribution >= 4 is 112 Å². The molecule has 43 nitrogen and oxygen atoms in total. The summed E-state index contributed by atoms with van der Waals surface area (Å²) in [4.78, 5) is 112. The zero-order valence-electron chi connectivity index (χ0n) is 76.8. The number of phenols is 2. The summed E-state index contributed by atoms with van der Waals surface area (Å²) < 4.78 is 31.3. The number of aliphatic hydroxyl groups excluding tert-OH is 1. The maximum atomic E-state index is 13.9. The van der Waals surface area contributed by atoms with Gasteiger partial charge in [0.05, 0.1) is 74.6 Å². The zero-order chi connectivity index (χ0) is 98.0. The molecule has 13 N–H and O–H groups in total. The number of anilines is 5. The molecule has 0 spiro atoms. The number of benzene rings is 6. The van der Waals surface area contributed by atoms with Crippen LogP contribution < -0.4 is 50.5 Å². The summed E-state index contributed by atoms with van der Waals surface area (Å²) in [5, 5.41) is 68.9. The van der Waals surface area contributed by atoms with Crippen LogP contribution in [0.2, 0.25) is 0 Å². The molecule has 0 aliphatic rings. The minimum atomic E-state index is -0.756. The van der Waals surface area contributed by atoms with Gasteiger partial charge in [0.2, 0.25) is 0 Å². The summed E-state index contributed by atoms with van der Waals surface area (Å²) in [5.41, 5.74) is 40.0. The molecular formula is C95H87FN36O7. The molecule has 696 valence electrons. The van der Waals surface area contributed by atoms with E-state index in [4.69, 9.17) is 58.6 Å². The van der Waals surface area contributed by atoms with Crippen LogP contribution in [0, 0.1) is 71.5 Å². The number of hydrogen-bond acceptors (Lipinski definition) is 32. The predicted molar refractivity (Wildman–Crippen MR) is 521 cm³/mol. The summed E-state index contributed by atoms with van der Waals surface area (Å²) in [6, 6.07) is 41.0. The van der Waals surface area contributed by atoms with Gasteiger partial charge in [0.25, 0.3) is 22.2 Å². The number of aryl methyl sites for hydroxylation is 10. The minimum Gasteiger partial charge on any atom is -0.508 e. The van der Waals surface area contributed by atoms with E-state index in [0.717, 1.165) is 34.0 Å².